The van der Waals surface area contributed by atoms with Crippen LogP contribution in [-0.4, -0.2) is 45.0 Å². The molecular weight excluding hydrogens is 352 g/mol. The Bertz CT molecular complexity index is 787. The van der Waals surface area contributed by atoms with Crippen LogP contribution in [0.2, 0.25) is 0 Å². The fourth-order valence-corrected chi connectivity index (χ4v) is 4.71. The van der Waals surface area contributed by atoms with Crippen LogP contribution in [0.1, 0.15) is 6.92 Å². The predicted octanol–water partition coefficient (Wildman–Crippen LogP) is 2.70. The van der Waals surface area contributed by atoms with Crippen LogP contribution in [0.3, 0.4) is 0 Å². The molecule has 0 aliphatic carbocycles. The van der Waals surface area contributed by atoms with E-state index in [9.17, 15) is 9.59 Å². The number of urea groups is 1. The van der Waals surface area contributed by atoms with Gasteiger partial charge in [0.25, 0.3) is 0 Å². The highest BCUT2D eigenvalue weighted by Gasteiger charge is 2.30. The molecule has 1 fully saturated rings. The van der Waals surface area contributed by atoms with Crippen LogP contribution in [0.4, 0.5) is 4.79 Å². The highest BCUT2D eigenvalue weighted by Crippen LogP contribution is 2.28. The molecule has 0 bridgehead atoms. The third-order valence-electron chi connectivity index (χ3n) is 3.28. The number of thioether (sulfide) groups is 1. The standard InChI is InChI=1S/C14H14N4O2S3/c1-9(11(19)17-8-7-15-12(17)20)22-13-16-18(14(21)23-13)10-5-3-2-4-6-10/h2-6,9H,7-8H2,1H3,(H,15,20). The summed E-state index contributed by atoms with van der Waals surface area (Å²) < 4.78 is 3.01. The van der Waals surface area contributed by atoms with Gasteiger partial charge in [0.2, 0.25) is 5.91 Å². The molecule has 1 N–H and O–H groups in total. The summed E-state index contributed by atoms with van der Waals surface area (Å²) in [6, 6.07) is 9.28. The maximum atomic E-state index is 12.3. The van der Waals surface area contributed by atoms with Gasteiger partial charge >= 0.3 is 6.03 Å². The summed E-state index contributed by atoms with van der Waals surface area (Å²) in [6.07, 6.45) is 0. The van der Waals surface area contributed by atoms with E-state index in [-0.39, 0.29) is 11.9 Å². The van der Waals surface area contributed by atoms with Crippen LogP contribution in [-0.2, 0) is 4.79 Å². The highest BCUT2D eigenvalue weighted by atomic mass is 32.2. The van der Waals surface area contributed by atoms with E-state index in [4.69, 9.17) is 12.2 Å². The van der Waals surface area contributed by atoms with E-state index >= 15 is 0 Å². The van der Waals surface area contributed by atoms with E-state index in [1.807, 2.05) is 30.3 Å². The van der Waals surface area contributed by atoms with Gasteiger partial charge in [-0.25, -0.2) is 9.48 Å². The Hall–Kier alpha value is -1.71. The average molecular weight is 366 g/mol. The van der Waals surface area contributed by atoms with Crippen LogP contribution in [0.25, 0.3) is 5.69 Å². The number of hydrogen-bond acceptors (Lipinski definition) is 6. The summed E-state index contributed by atoms with van der Waals surface area (Å²) in [7, 11) is 0. The molecule has 1 atom stereocenters. The molecule has 1 aromatic carbocycles. The molecule has 23 heavy (non-hydrogen) atoms. The van der Waals surface area contributed by atoms with Gasteiger partial charge in [0.05, 0.1) is 10.9 Å². The Labute approximate surface area is 146 Å². The second-order valence-corrected chi connectivity index (χ2v) is 8.07. The fraction of sp³-hybridized carbons (Fsp3) is 0.286. The zero-order valence-corrected chi connectivity index (χ0v) is 14.7. The summed E-state index contributed by atoms with van der Waals surface area (Å²) in [5, 5.41) is 6.70. The third-order valence-corrected chi connectivity index (χ3v) is 5.68. The number of hydrogen-bond donors (Lipinski definition) is 1. The van der Waals surface area contributed by atoms with Crippen LogP contribution in [0.5, 0.6) is 0 Å². The average Bonchev–Trinajstić information content (AvgIpc) is 3.13. The van der Waals surface area contributed by atoms with Crippen molar-refractivity contribution < 1.29 is 9.59 Å². The lowest BCUT2D eigenvalue weighted by molar-refractivity contribution is -0.126. The first-order valence-corrected chi connectivity index (χ1v) is 9.08. The number of nitrogens with one attached hydrogen (secondary N) is 1. The molecule has 2 heterocycles. The van der Waals surface area contributed by atoms with E-state index in [2.05, 4.69) is 10.4 Å². The van der Waals surface area contributed by atoms with E-state index in [1.165, 1.54) is 28.0 Å². The zero-order valence-electron chi connectivity index (χ0n) is 12.3. The van der Waals surface area contributed by atoms with E-state index in [0.29, 0.717) is 21.4 Å². The minimum atomic E-state index is -0.399. The maximum absolute atomic E-state index is 12.3. The molecule has 1 saturated heterocycles. The molecule has 6 nitrogen and oxygen atoms in total. The van der Waals surface area contributed by atoms with Crippen LogP contribution in [0, 0.1) is 3.95 Å². The van der Waals surface area contributed by atoms with Crippen molar-refractivity contribution in [2.24, 2.45) is 0 Å². The third kappa shape index (κ3) is 3.46. The van der Waals surface area contributed by atoms with Crippen molar-refractivity contribution >= 4 is 47.3 Å². The topological polar surface area (TPSA) is 67.2 Å². The van der Waals surface area contributed by atoms with Gasteiger partial charge in [-0.05, 0) is 31.3 Å². The number of carbonyl (C=O) groups excluding carboxylic acids is 2. The Morgan fingerprint density at radius 1 is 1.43 bits per heavy atom. The van der Waals surface area contributed by atoms with Crippen molar-refractivity contribution in [3.8, 4) is 5.69 Å². The van der Waals surface area contributed by atoms with Crippen LogP contribution in [0.15, 0.2) is 34.7 Å². The number of aromatic nitrogens is 2. The molecule has 3 rings (SSSR count). The van der Waals surface area contributed by atoms with Gasteiger partial charge in [-0.3, -0.25) is 9.69 Å². The maximum Gasteiger partial charge on any atom is 0.324 e. The summed E-state index contributed by atoms with van der Waals surface area (Å²) in [5.41, 5.74) is 0.888. The first kappa shape index (κ1) is 16.2. The SMILES string of the molecule is CC(Sc1nn(-c2ccccc2)c(=S)s1)C(=O)N1CCNC1=O. The zero-order chi connectivity index (χ0) is 16.4. The Balaban J connectivity index is 1.75. The summed E-state index contributed by atoms with van der Waals surface area (Å²) in [6.45, 7) is 2.69. The van der Waals surface area contributed by atoms with Crippen molar-refractivity contribution in [3.63, 3.8) is 0 Å². The monoisotopic (exact) mass is 366 g/mol. The first-order valence-electron chi connectivity index (χ1n) is 6.97. The first-order chi connectivity index (χ1) is 11.1. The molecule has 0 radical (unpaired) electrons. The van der Waals surface area contributed by atoms with Gasteiger partial charge in [-0.15, -0.1) is 5.10 Å². The number of carbonyl (C=O) groups is 2. The lowest BCUT2D eigenvalue weighted by Crippen LogP contribution is -2.38. The normalized spacial score (nSPS) is 15.5. The van der Waals surface area contributed by atoms with E-state index < -0.39 is 5.25 Å². The minimum Gasteiger partial charge on any atom is -0.336 e. The van der Waals surface area contributed by atoms with Gasteiger partial charge < -0.3 is 5.32 Å². The van der Waals surface area contributed by atoms with E-state index in [1.54, 1.807) is 11.6 Å². The van der Waals surface area contributed by atoms with Gasteiger partial charge in [-0.1, -0.05) is 41.3 Å². The molecule has 120 valence electrons. The largest absolute Gasteiger partial charge is 0.336 e. The summed E-state index contributed by atoms with van der Waals surface area (Å²) in [4.78, 5) is 25.1. The molecule has 1 unspecified atom stereocenters. The van der Waals surface area contributed by atoms with Crippen molar-refractivity contribution in [3.05, 3.63) is 34.3 Å². The van der Waals surface area contributed by atoms with Gasteiger partial charge in [-0.2, -0.15) is 0 Å². The fourth-order valence-electron chi connectivity index (χ4n) is 2.14. The van der Waals surface area contributed by atoms with Crippen molar-refractivity contribution in [1.29, 1.82) is 0 Å². The Kier molecular flexibility index (Phi) is 4.79. The van der Waals surface area contributed by atoms with E-state index in [0.717, 1.165) is 5.69 Å². The molecule has 1 aliphatic heterocycles. The Morgan fingerprint density at radius 3 is 2.83 bits per heavy atom. The smallest absolute Gasteiger partial charge is 0.324 e. The molecule has 1 aliphatic rings. The molecule has 3 amide bonds. The summed E-state index contributed by atoms with van der Waals surface area (Å²) in [5.74, 6) is -0.211. The number of para-hydroxylation sites is 1. The second kappa shape index (κ2) is 6.81. The Morgan fingerprint density at radius 2 is 2.17 bits per heavy atom. The lowest BCUT2D eigenvalue weighted by Gasteiger charge is -2.16. The molecule has 2 aromatic rings. The molecular formula is C14H14N4O2S3. The predicted molar refractivity (Wildman–Crippen MR) is 92.7 cm³/mol. The second-order valence-electron chi connectivity index (χ2n) is 4.86. The van der Waals surface area contributed by atoms with Crippen LogP contribution < -0.4 is 5.32 Å². The highest BCUT2D eigenvalue weighted by molar-refractivity contribution is 8.02. The van der Waals surface area contributed by atoms with Gasteiger partial charge in [0.1, 0.15) is 0 Å². The van der Waals surface area contributed by atoms with Gasteiger partial charge in [0.15, 0.2) is 8.29 Å². The summed E-state index contributed by atoms with van der Waals surface area (Å²) >= 11 is 8.02. The number of imide groups is 1. The van der Waals surface area contributed by atoms with Crippen molar-refractivity contribution in [2.45, 2.75) is 16.5 Å². The quantitative estimate of drug-likeness (QED) is 0.666. The number of amides is 3. The number of benzene rings is 1. The number of rotatable bonds is 4. The molecule has 9 heteroatoms. The van der Waals surface area contributed by atoms with Crippen molar-refractivity contribution in [1.82, 2.24) is 20.0 Å². The minimum absolute atomic E-state index is 0.211. The molecule has 1 aromatic heterocycles. The van der Waals surface area contributed by atoms with Crippen LogP contribution >= 0.6 is 35.3 Å². The van der Waals surface area contributed by atoms with Crippen molar-refractivity contribution in [2.75, 3.05) is 13.1 Å². The molecule has 0 spiro atoms. The van der Waals surface area contributed by atoms with Gasteiger partial charge in [0, 0.05) is 13.1 Å². The molecule has 0 saturated carbocycles. The number of nitrogens with zero attached hydrogens (tertiary/aromatic N) is 3. The lowest BCUT2D eigenvalue weighted by atomic mass is 10.3.